The van der Waals surface area contributed by atoms with Crippen molar-refractivity contribution in [1.82, 2.24) is 0 Å². The Morgan fingerprint density at radius 3 is 1.92 bits per heavy atom. The number of hydrogen-bond acceptors (Lipinski definition) is 1. The van der Waals surface area contributed by atoms with Crippen molar-refractivity contribution >= 4 is 0 Å². The maximum atomic E-state index is 14.2. The smallest absolute Gasteiger partial charge is 0.424 e. The Morgan fingerprint density at radius 2 is 1.41 bits per heavy atom. The predicted molar refractivity (Wildman–Crippen MR) is 125 cm³/mol. The monoisotopic (exact) mass is 538 g/mol. The van der Waals surface area contributed by atoms with Gasteiger partial charge < -0.3 is 4.74 Å². The van der Waals surface area contributed by atoms with Crippen molar-refractivity contribution in [3.8, 4) is 17.6 Å². The first-order chi connectivity index (χ1) is 17.4. The van der Waals surface area contributed by atoms with Gasteiger partial charge in [-0.1, -0.05) is 57.3 Å². The van der Waals surface area contributed by atoms with Gasteiger partial charge in [0, 0.05) is 11.5 Å². The Morgan fingerprint density at radius 1 is 0.865 bits per heavy atom. The van der Waals surface area contributed by atoms with Crippen molar-refractivity contribution in [3.63, 3.8) is 0 Å². The molecule has 2 saturated carbocycles. The standard InChI is InChI=1S/C28H34F8O/c1-2-3-4-5-18-8-12-21(13-9-18)22-14-10-19(11-15-22)6-7-20-16-23(29)25(24(30)17-20)37-28(35,36)26(31)27(32,33)34/h16-19,21-22,26H,2-5,8-15H2,1H3. The van der Waals surface area contributed by atoms with Gasteiger partial charge in [0.1, 0.15) is 0 Å². The van der Waals surface area contributed by atoms with E-state index >= 15 is 0 Å². The normalized spacial score (nSPS) is 25.8. The van der Waals surface area contributed by atoms with Crippen LogP contribution in [-0.4, -0.2) is 18.5 Å². The van der Waals surface area contributed by atoms with Gasteiger partial charge in [0.05, 0.1) is 0 Å². The third-order valence-electron chi connectivity index (χ3n) is 7.79. The minimum absolute atomic E-state index is 0.0343. The summed E-state index contributed by atoms with van der Waals surface area (Å²) in [7, 11) is 0. The van der Waals surface area contributed by atoms with E-state index in [4.69, 9.17) is 0 Å². The highest BCUT2D eigenvalue weighted by molar-refractivity contribution is 5.41. The average Bonchev–Trinajstić information content (AvgIpc) is 2.85. The molecule has 2 aliphatic carbocycles. The lowest BCUT2D eigenvalue weighted by atomic mass is 9.69. The van der Waals surface area contributed by atoms with E-state index in [-0.39, 0.29) is 11.5 Å². The van der Waals surface area contributed by atoms with E-state index in [1.807, 2.05) is 0 Å². The summed E-state index contributed by atoms with van der Waals surface area (Å²) >= 11 is 0. The molecule has 3 rings (SSSR count). The van der Waals surface area contributed by atoms with Crippen molar-refractivity contribution in [3.05, 3.63) is 29.3 Å². The summed E-state index contributed by atoms with van der Waals surface area (Å²) in [5.41, 5.74) is -0.165. The second-order valence-corrected chi connectivity index (χ2v) is 10.5. The van der Waals surface area contributed by atoms with Crippen molar-refractivity contribution < 1.29 is 39.9 Å². The van der Waals surface area contributed by atoms with E-state index in [0.29, 0.717) is 18.1 Å². The maximum absolute atomic E-state index is 14.2. The van der Waals surface area contributed by atoms with Gasteiger partial charge >= 0.3 is 12.3 Å². The SMILES string of the molecule is CCCCCC1CCC(C2CCC(C#Cc3cc(F)c(OC(F)(F)C(F)C(F)(F)F)c(F)c3)CC2)CC1. The molecule has 0 saturated heterocycles. The maximum Gasteiger partial charge on any atom is 0.439 e. The minimum atomic E-state index is -5.96. The zero-order chi connectivity index (χ0) is 27.2. The van der Waals surface area contributed by atoms with Crippen LogP contribution in [-0.2, 0) is 0 Å². The summed E-state index contributed by atoms with van der Waals surface area (Å²) in [4.78, 5) is 0. The molecule has 2 fully saturated rings. The number of alkyl halides is 6. The van der Waals surface area contributed by atoms with E-state index in [0.717, 1.165) is 37.5 Å². The van der Waals surface area contributed by atoms with Crippen LogP contribution in [0.5, 0.6) is 5.75 Å². The van der Waals surface area contributed by atoms with E-state index in [2.05, 4.69) is 23.5 Å². The number of unbranched alkanes of at least 4 members (excludes halogenated alkanes) is 2. The second kappa shape index (κ2) is 12.7. The van der Waals surface area contributed by atoms with Crippen LogP contribution in [0.2, 0.25) is 0 Å². The Balaban J connectivity index is 1.52. The van der Waals surface area contributed by atoms with Crippen LogP contribution in [0.15, 0.2) is 12.1 Å². The summed E-state index contributed by atoms with van der Waals surface area (Å²) in [5, 5.41) is 0. The van der Waals surface area contributed by atoms with Crippen molar-refractivity contribution in [2.24, 2.45) is 23.7 Å². The third-order valence-corrected chi connectivity index (χ3v) is 7.79. The fraction of sp³-hybridized carbons (Fsp3) is 0.714. The van der Waals surface area contributed by atoms with Crippen molar-refractivity contribution in [2.75, 3.05) is 0 Å². The molecule has 1 atom stereocenters. The van der Waals surface area contributed by atoms with E-state index < -0.39 is 35.8 Å². The number of halogens is 8. The van der Waals surface area contributed by atoms with Gasteiger partial charge in [0.25, 0.3) is 6.17 Å². The first-order valence-electron chi connectivity index (χ1n) is 13.2. The van der Waals surface area contributed by atoms with Gasteiger partial charge in [0.2, 0.25) is 0 Å². The molecule has 1 aromatic carbocycles. The number of ether oxygens (including phenoxy) is 1. The summed E-state index contributed by atoms with van der Waals surface area (Å²) in [6.45, 7) is 2.22. The zero-order valence-electron chi connectivity index (χ0n) is 21.0. The Hall–Kier alpha value is -1.98. The molecule has 0 radical (unpaired) electrons. The molecule has 0 heterocycles. The highest BCUT2D eigenvalue weighted by Crippen LogP contribution is 2.42. The molecule has 0 amide bonds. The van der Waals surface area contributed by atoms with E-state index in [1.54, 1.807) is 0 Å². The molecule has 0 spiro atoms. The van der Waals surface area contributed by atoms with Crippen LogP contribution in [0.4, 0.5) is 35.1 Å². The molecule has 0 bridgehead atoms. The molecule has 0 aliphatic heterocycles. The predicted octanol–water partition coefficient (Wildman–Crippen LogP) is 9.38. The van der Waals surface area contributed by atoms with Gasteiger partial charge in [-0.05, 0) is 68.4 Å². The molecule has 0 aromatic heterocycles. The Kier molecular flexibility index (Phi) is 10.2. The van der Waals surface area contributed by atoms with E-state index in [1.165, 1.54) is 51.4 Å². The highest BCUT2D eigenvalue weighted by atomic mass is 19.4. The molecule has 1 nitrogen and oxygen atoms in total. The number of benzene rings is 1. The molecular weight excluding hydrogens is 504 g/mol. The lowest BCUT2D eigenvalue weighted by Crippen LogP contribution is -2.46. The molecule has 37 heavy (non-hydrogen) atoms. The van der Waals surface area contributed by atoms with Gasteiger partial charge in [-0.2, -0.15) is 22.0 Å². The van der Waals surface area contributed by atoms with Gasteiger partial charge in [0.15, 0.2) is 17.4 Å². The number of rotatable bonds is 8. The Bertz CT molecular complexity index is 909. The van der Waals surface area contributed by atoms with Crippen LogP contribution < -0.4 is 4.74 Å². The quantitative estimate of drug-likeness (QED) is 0.182. The van der Waals surface area contributed by atoms with Crippen molar-refractivity contribution in [2.45, 2.75) is 102 Å². The van der Waals surface area contributed by atoms with Crippen LogP contribution >= 0.6 is 0 Å². The minimum Gasteiger partial charge on any atom is -0.424 e. The van der Waals surface area contributed by atoms with E-state index in [9.17, 15) is 35.1 Å². The van der Waals surface area contributed by atoms with Crippen LogP contribution in [0.1, 0.15) is 89.5 Å². The Labute approximate surface area is 213 Å². The zero-order valence-corrected chi connectivity index (χ0v) is 21.0. The summed E-state index contributed by atoms with van der Waals surface area (Å²) in [5.74, 6) is 2.74. The third kappa shape index (κ3) is 8.25. The van der Waals surface area contributed by atoms with Gasteiger partial charge in [-0.25, -0.2) is 13.2 Å². The molecular formula is C28H34F8O. The number of hydrogen-bond donors (Lipinski definition) is 0. The fourth-order valence-electron chi connectivity index (χ4n) is 5.66. The average molecular weight is 539 g/mol. The molecule has 1 unspecified atom stereocenters. The van der Waals surface area contributed by atoms with Crippen LogP contribution in [0.25, 0.3) is 0 Å². The summed E-state index contributed by atoms with van der Waals surface area (Å²) in [6.07, 6.45) is -2.03. The van der Waals surface area contributed by atoms with Gasteiger partial charge in [-0.15, -0.1) is 0 Å². The van der Waals surface area contributed by atoms with Crippen molar-refractivity contribution in [1.29, 1.82) is 0 Å². The topological polar surface area (TPSA) is 9.23 Å². The molecule has 9 heteroatoms. The van der Waals surface area contributed by atoms with Crippen LogP contribution in [0.3, 0.4) is 0 Å². The summed E-state index contributed by atoms with van der Waals surface area (Å²) in [6, 6.07) is 1.18. The molecule has 2 aliphatic rings. The first-order valence-corrected chi connectivity index (χ1v) is 13.2. The van der Waals surface area contributed by atoms with Gasteiger partial charge in [-0.3, -0.25) is 0 Å². The highest BCUT2D eigenvalue weighted by Gasteiger charge is 2.59. The molecule has 0 N–H and O–H groups in total. The first kappa shape index (κ1) is 29.6. The van der Waals surface area contributed by atoms with Crippen LogP contribution in [0, 0.1) is 47.1 Å². The lowest BCUT2D eigenvalue weighted by Gasteiger charge is -2.37. The molecule has 208 valence electrons. The second-order valence-electron chi connectivity index (χ2n) is 10.5. The molecule has 1 aromatic rings. The summed E-state index contributed by atoms with van der Waals surface area (Å²) < 4.78 is 108. The lowest BCUT2D eigenvalue weighted by molar-refractivity contribution is -0.306. The fourth-order valence-corrected chi connectivity index (χ4v) is 5.66. The largest absolute Gasteiger partial charge is 0.439 e.